The third kappa shape index (κ3) is 1.06. The zero-order valence-electron chi connectivity index (χ0n) is 6.86. The molecule has 0 spiro atoms. The lowest BCUT2D eigenvalue weighted by atomic mass is 10.4. The summed E-state index contributed by atoms with van der Waals surface area (Å²) in [6, 6.07) is 1.90. The maximum Gasteiger partial charge on any atom is 0.233 e. The van der Waals surface area contributed by atoms with Crippen LogP contribution in [0.2, 0.25) is 0 Å². The largest absolute Gasteiger partial charge is 0.314 e. The van der Waals surface area contributed by atoms with Crippen molar-refractivity contribution in [3.05, 3.63) is 30.4 Å². The molecule has 0 fully saturated rings. The first-order valence-corrected chi connectivity index (χ1v) is 3.83. The molecule has 0 aliphatic carbocycles. The van der Waals surface area contributed by atoms with Crippen molar-refractivity contribution in [3.63, 3.8) is 0 Å². The van der Waals surface area contributed by atoms with Crippen LogP contribution in [-0.2, 0) is 6.54 Å². The fourth-order valence-corrected chi connectivity index (χ4v) is 1.19. The Morgan fingerprint density at radius 2 is 2.42 bits per heavy atom. The molecule has 12 heavy (non-hydrogen) atoms. The van der Waals surface area contributed by atoms with Gasteiger partial charge in [0, 0.05) is 18.9 Å². The van der Waals surface area contributed by atoms with Crippen LogP contribution in [0.25, 0.3) is 5.78 Å². The molecule has 0 aliphatic rings. The highest BCUT2D eigenvalue weighted by molar-refractivity contribution is 5.30. The number of hydrogen-bond donors (Lipinski definition) is 1. The van der Waals surface area contributed by atoms with Crippen molar-refractivity contribution in [2.45, 2.75) is 6.54 Å². The van der Waals surface area contributed by atoms with E-state index in [1.54, 1.807) is 6.20 Å². The van der Waals surface area contributed by atoms with Gasteiger partial charge >= 0.3 is 0 Å². The van der Waals surface area contributed by atoms with Gasteiger partial charge in [0.15, 0.2) is 0 Å². The molecule has 2 rings (SSSR count). The third-order valence-electron chi connectivity index (χ3n) is 1.72. The molecule has 2 aromatic rings. The Labute approximate surface area is 70.3 Å². The first-order chi connectivity index (χ1) is 5.92. The normalized spacial score (nSPS) is 10.8. The minimum absolute atomic E-state index is 0.753. The van der Waals surface area contributed by atoms with Gasteiger partial charge in [-0.25, -0.2) is 9.97 Å². The van der Waals surface area contributed by atoms with E-state index in [1.807, 2.05) is 29.9 Å². The van der Waals surface area contributed by atoms with E-state index < -0.39 is 0 Å². The van der Waals surface area contributed by atoms with Gasteiger partial charge in [-0.2, -0.15) is 0 Å². The van der Waals surface area contributed by atoms with E-state index in [1.165, 1.54) is 0 Å². The molecule has 1 N–H and O–H groups in total. The van der Waals surface area contributed by atoms with Gasteiger partial charge in [0.1, 0.15) is 0 Å². The number of hydrogen-bond acceptors (Lipinski definition) is 3. The lowest BCUT2D eigenvalue weighted by Crippen LogP contribution is -2.07. The second-order valence-corrected chi connectivity index (χ2v) is 2.57. The Morgan fingerprint density at radius 1 is 1.50 bits per heavy atom. The fourth-order valence-electron chi connectivity index (χ4n) is 1.19. The Morgan fingerprint density at radius 3 is 3.25 bits per heavy atom. The van der Waals surface area contributed by atoms with Gasteiger partial charge in [-0.05, 0) is 13.1 Å². The molecule has 0 unspecified atom stereocenters. The Hall–Kier alpha value is -1.42. The van der Waals surface area contributed by atoms with Crippen molar-refractivity contribution in [2.75, 3.05) is 7.05 Å². The van der Waals surface area contributed by atoms with E-state index in [4.69, 9.17) is 0 Å². The molecule has 0 aromatic carbocycles. The minimum Gasteiger partial charge on any atom is -0.314 e. The van der Waals surface area contributed by atoms with Crippen molar-refractivity contribution >= 4 is 5.78 Å². The first-order valence-electron chi connectivity index (χ1n) is 3.83. The van der Waals surface area contributed by atoms with Crippen LogP contribution in [0.15, 0.2) is 24.7 Å². The van der Waals surface area contributed by atoms with Crippen LogP contribution >= 0.6 is 0 Å². The summed E-state index contributed by atoms with van der Waals surface area (Å²) in [5, 5.41) is 3.07. The molecular formula is C8H10N4. The summed E-state index contributed by atoms with van der Waals surface area (Å²) >= 11 is 0. The van der Waals surface area contributed by atoms with E-state index >= 15 is 0 Å². The van der Waals surface area contributed by atoms with Gasteiger partial charge in [0.05, 0.1) is 11.9 Å². The van der Waals surface area contributed by atoms with Crippen molar-refractivity contribution in [1.29, 1.82) is 0 Å². The molecule has 0 bridgehead atoms. The van der Waals surface area contributed by atoms with Crippen molar-refractivity contribution in [2.24, 2.45) is 0 Å². The summed E-state index contributed by atoms with van der Waals surface area (Å²) in [6.45, 7) is 0.812. The molecule has 0 saturated carbocycles. The van der Waals surface area contributed by atoms with E-state index in [0.29, 0.717) is 0 Å². The third-order valence-corrected chi connectivity index (χ3v) is 1.72. The zero-order valence-corrected chi connectivity index (χ0v) is 6.86. The monoisotopic (exact) mass is 162 g/mol. The second kappa shape index (κ2) is 2.91. The van der Waals surface area contributed by atoms with Gasteiger partial charge in [-0.3, -0.25) is 4.40 Å². The molecule has 2 aromatic heterocycles. The summed E-state index contributed by atoms with van der Waals surface area (Å²) in [5.41, 5.74) is 1.13. The minimum atomic E-state index is 0.753. The average molecular weight is 162 g/mol. The quantitative estimate of drug-likeness (QED) is 0.697. The van der Waals surface area contributed by atoms with Gasteiger partial charge < -0.3 is 5.32 Å². The molecule has 62 valence electrons. The van der Waals surface area contributed by atoms with Crippen LogP contribution in [0.5, 0.6) is 0 Å². The van der Waals surface area contributed by atoms with Gasteiger partial charge in [-0.15, -0.1) is 0 Å². The number of rotatable bonds is 2. The van der Waals surface area contributed by atoms with Gasteiger partial charge in [0.25, 0.3) is 0 Å². The number of imidazole rings is 1. The van der Waals surface area contributed by atoms with Crippen LogP contribution < -0.4 is 5.32 Å². The average Bonchev–Trinajstić information content (AvgIpc) is 2.50. The lowest BCUT2D eigenvalue weighted by Gasteiger charge is -1.97. The number of fused-ring (bicyclic) bond motifs is 1. The Kier molecular flexibility index (Phi) is 1.75. The van der Waals surface area contributed by atoms with E-state index in [9.17, 15) is 0 Å². The molecule has 0 saturated heterocycles. The smallest absolute Gasteiger partial charge is 0.233 e. The molecule has 0 aliphatic heterocycles. The Balaban J connectivity index is 2.55. The predicted molar refractivity (Wildman–Crippen MR) is 45.8 cm³/mol. The number of aromatic nitrogens is 3. The first kappa shape index (κ1) is 7.24. The fraction of sp³-hybridized carbons (Fsp3) is 0.250. The summed E-state index contributed by atoms with van der Waals surface area (Å²) < 4.78 is 1.97. The highest BCUT2D eigenvalue weighted by Gasteiger charge is 2.00. The lowest BCUT2D eigenvalue weighted by molar-refractivity contribution is 0.780. The summed E-state index contributed by atoms with van der Waals surface area (Å²) in [4.78, 5) is 8.26. The molecular weight excluding hydrogens is 152 g/mol. The predicted octanol–water partition coefficient (Wildman–Crippen LogP) is 0.449. The molecule has 4 nitrogen and oxygen atoms in total. The summed E-state index contributed by atoms with van der Waals surface area (Å²) in [6.07, 6.45) is 5.53. The van der Waals surface area contributed by atoms with Crippen LogP contribution in [-0.4, -0.2) is 21.4 Å². The van der Waals surface area contributed by atoms with E-state index in [2.05, 4.69) is 15.3 Å². The van der Waals surface area contributed by atoms with Crippen molar-refractivity contribution < 1.29 is 0 Å². The Bertz CT molecular complexity index is 379. The van der Waals surface area contributed by atoms with Crippen molar-refractivity contribution in [3.8, 4) is 0 Å². The summed E-state index contributed by atoms with van der Waals surface area (Å²) in [7, 11) is 1.91. The van der Waals surface area contributed by atoms with E-state index in [0.717, 1.165) is 18.0 Å². The van der Waals surface area contributed by atoms with Gasteiger partial charge in [-0.1, -0.05) is 0 Å². The van der Waals surface area contributed by atoms with Crippen LogP contribution in [0, 0.1) is 0 Å². The number of nitrogens with one attached hydrogen (secondary N) is 1. The SMILES string of the molecule is CNCc1cnc2ncccn12. The highest BCUT2D eigenvalue weighted by atomic mass is 15.1. The summed E-state index contributed by atoms with van der Waals surface area (Å²) in [5.74, 6) is 0.753. The maximum absolute atomic E-state index is 4.15. The molecule has 4 heteroatoms. The molecule has 0 radical (unpaired) electrons. The zero-order chi connectivity index (χ0) is 8.39. The topological polar surface area (TPSA) is 42.2 Å². The standard InChI is InChI=1S/C8H10N4/c1-9-5-7-6-11-8-10-3-2-4-12(7)8/h2-4,6,9H,5H2,1H3. The molecule has 0 amide bonds. The maximum atomic E-state index is 4.15. The number of nitrogens with zero attached hydrogens (tertiary/aromatic N) is 3. The van der Waals surface area contributed by atoms with E-state index in [-0.39, 0.29) is 0 Å². The highest BCUT2D eigenvalue weighted by Crippen LogP contribution is 2.01. The molecule has 2 heterocycles. The van der Waals surface area contributed by atoms with Crippen LogP contribution in [0.4, 0.5) is 0 Å². The van der Waals surface area contributed by atoms with Crippen LogP contribution in [0.3, 0.4) is 0 Å². The van der Waals surface area contributed by atoms with Crippen LogP contribution in [0.1, 0.15) is 5.69 Å². The van der Waals surface area contributed by atoms with Gasteiger partial charge in [0.2, 0.25) is 5.78 Å². The second-order valence-electron chi connectivity index (χ2n) is 2.57. The van der Waals surface area contributed by atoms with Crippen molar-refractivity contribution in [1.82, 2.24) is 19.7 Å². The molecule has 0 atom stereocenters.